The average molecular weight is 440 g/mol. The topological polar surface area (TPSA) is 51.8 Å². The molecule has 2 aliphatic rings. The summed E-state index contributed by atoms with van der Waals surface area (Å²) in [4.78, 5) is 19.8. The second-order valence-electron chi connectivity index (χ2n) is 8.44. The molecular formula is C27H21NO3S. The number of fused-ring (bicyclic) bond motifs is 5. The van der Waals surface area contributed by atoms with Gasteiger partial charge in [-0.3, -0.25) is 9.79 Å². The fraction of sp³-hybridized carbons (Fsp3) is 0.185. The molecule has 0 bridgehead atoms. The molecule has 0 fully saturated rings. The summed E-state index contributed by atoms with van der Waals surface area (Å²) in [7, 11) is 0. The molecule has 3 heterocycles. The minimum Gasteiger partial charge on any atom is -0.492 e. The molecule has 0 radical (unpaired) electrons. The Balaban J connectivity index is 1.59. The van der Waals surface area contributed by atoms with Gasteiger partial charge in [0.15, 0.2) is 5.43 Å². The summed E-state index contributed by atoms with van der Waals surface area (Å²) >= 11 is 1.67. The summed E-state index contributed by atoms with van der Waals surface area (Å²) in [5.74, 6) is 0.766. The molecule has 32 heavy (non-hydrogen) atoms. The number of para-hydroxylation sites is 1. The Hall–Kier alpha value is -3.31. The molecule has 4 nitrogen and oxygen atoms in total. The molecule has 2 atom stereocenters. The first-order chi connectivity index (χ1) is 15.6. The van der Waals surface area contributed by atoms with E-state index in [2.05, 4.69) is 25.1 Å². The van der Waals surface area contributed by atoms with Crippen molar-refractivity contribution in [2.24, 2.45) is 10.9 Å². The number of hydrogen-bond acceptors (Lipinski definition) is 5. The zero-order chi connectivity index (χ0) is 21.8. The smallest absolute Gasteiger partial charge is 0.197 e. The third kappa shape index (κ3) is 3.07. The SMILES string of the molecule is Cc1ccc2c(c1)C1=Nc3ccccc3SC(c3coc4ccc(C)cc4c3=O)C1CO2. The average Bonchev–Trinajstić information content (AvgIpc) is 2.97. The zero-order valence-electron chi connectivity index (χ0n) is 17.8. The normalized spacial score (nSPS) is 19.2. The van der Waals surface area contributed by atoms with E-state index < -0.39 is 0 Å². The molecule has 0 amide bonds. The lowest BCUT2D eigenvalue weighted by Crippen LogP contribution is -2.33. The molecule has 0 saturated carbocycles. The number of aliphatic imine (C=N–C) groups is 1. The Kier molecular flexibility index (Phi) is 4.47. The third-order valence-corrected chi connectivity index (χ3v) is 7.60. The van der Waals surface area contributed by atoms with Crippen LogP contribution in [0.1, 0.15) is 27.5 Å². The van der Waals surface area contributed by atoms with Crippen molar-refractivity contribution >= 4 is 34.1 Å². The second kappa shape index (κ2) is 7.38. The van der Waals surface area contributed by atoms with Crippen LogP contribution in [0.3, 0.4) is 0 Å². The second-order valence-corrected chi connectivity index (χ2v) is 9.62. The highest BCUT2D eigenvalue weighted by Crippen LogP contribution is 2.49. The van der Waals surface area contributed by atoms with Gasteiger partial charge in [-0.15, -0.1) is 11.8 Å². The number of thioether (sulfide) groups is 1. The highest BCUT2D eigenvalue weighted by molar-refractivity contribution is 7.99. The van der Waals surface area contributed by atoms with E-state index in [-0.39, 0.29) is 16.6 Å². The zero-order valence-corrected chi connectivity index (χ0v) is 18.6. The summed E-state index contributed by atoms with van der Waals surface area (Å²) in [6.07, 6.45) is 1.63. The molecule has 158 valence electrons. The maximum Gasteiger partial charge on any atom is 0.197 e. The van der Waals surface area contributed by atoms with E-state index in [1.165, 1.54) is 0 Å². The van der Waals surface area contributed by atoms with Gasteiger partial charge in [0.25, 0.3) is 0 Å². The van der Waals surface area contributed by atoms with Crippen LogP contribution >= 0.6 is 11.8 Å². The van der Waals surface area contributed by atoms with Crippen LogP contribution in [0.25, 0.3) is 11.0 Å². The van der Waals surface area contributed by atoms with E-state index in [9.17, 15) is 4.79 Å². The molecule has 4 aromatic rings. The van der Waals surface area contributed by atoms with Gasteiger partial charge in [-0.25, -0.2) is 0 Å². The molecule has 0 spiro atoms. The van der Waals surface area contributed by atoms with Crippen molar-refractivity contribution in [1.82, 2.24) is 0 Å². The van der Waals surface area contributed by atoms with Crippen LogP contribution in [0.15, 0.2) is 86.0 Å². The van der Waals surface area contributed by atoms with Crippen molar-refractivity contribution in [1.29, 1.82) is 0 Å². The van der Waals surface area contributed by atoms with Crippen LogP contribution in [0, 0.1) is 19.8 Å². The minimum absolute atomic E-state index is 0.0150. The van der Waals surface area contributed by atoms with Gasteiger partial charge in [0.2, 0.25) is 0 Å². The number of rotatable bonds is 1. The van der Waals surface area contributed by atoms with E-state index in [0.29, 0.717) is 23.1 Å². The maximum absolute atomic E-state index is 13.6. The van der Waals surface area contributed by atoms with Crippen LogP contribution in [0.2, 0.25) is 0 Å². The number of hydrogen-bond donors (Lipinski definition) is 0. The van der Waals surface area contributed by atoms with Crippen LogP contribution < -0.4 is 10.2 Å². The first kappa shape index (κ1) is 19.4. The van der Waals surface area contributed by atoms with Gasteiger partial charge >= 0.3 is 0 Å². The monoisotopic (exact) mass is 439 g/mol. The lowest BCUT2D eigenvalue weighted by Gasteiger charge is -2.31. The number of nitrogens with zero attached hydrogens (tertiary/aromatic N) is 1. The lowest BCUT2D eigenvalue weighted by molar-refractivity contribution is 0.271. The standard InChI is InChI=1S/C27H21NO3S/c1-15-7-9-22-17(11-15)25-19(13-30-22)27(32-24-6-4-3-5-21(24)28-25)20-14-31-23-10-8-16(2)12-18(23)26(20)29/h3-12,14,19,27H,13H2,1-2H3. The Labute approximate surface area is 190 Å². The quantitative estimate of drug-likeness (QED) is 0.345. The molecule has 2 unspecified atom stereocenters. The Morgan fingerprint density at radius 2 is 1.81 bits per heavy atom. The predicted molar refractivity (Wildman–Crippen MR) is 129 cm³/mol. The van der Waals surface area contributed by atoms with E-state index in [0.717, 1.165) is 38.7 Å². The number of aryl methyl sites for hydroxylation is 2. The third-order valence-electron chi connectivity index (χ3n) is 6.17. The molecule has 6 rings (SSSR count). The summed E-state index contributed by atoms with van der Waals surface area (Å²) in [6.45, 7) is 4.52. The van der Waals surface area contributed by atoms with Gasteiger partial charge < -0.3 is 9.15 Å². The van der Waals surface area contributed by atoms with Gasteiger partial charge in [0.1, 0.15) is 11.3 Å². The molecule has 3 aromatic carbocycles. The van der Waals surface area contributed by atoms with Crippen molar-refractivity contribution in [3.05, 3.63) is 99.4 Å². The minimum atomic E-state index is -0.174. The Bertz CT molecular complexity index is 1470. The van der Waals surface area contributed by atoms with E-state index in [4.69, 9.17) is 14.1 Å². The van der Waals surface area contributed by atoms with Crippen molar-refractivity contribution in [2.75, 3.05) is 6.61 Å². The maximum atomic E-state index is 13.6. The summed E-state index contributed by atoms with van der Waals surface area (Å²) in [5.41, 5.74) is 6.37. The predicted octanol–water partition coefficient (Wildman–Crippen LogP) is 6.39. The molecule has 0 saturated heterocycles. The van der Waals surface area contributed by atoms with Crippen molar-refractivity contribution in [2.45, 2.75) is 24.0 Å². The van der Waals surface area contributed by atoms with Crippen LogP contribution in [-0.2, 0) is 0 Å². The van der Waals surface area contributed by atoms with E-state index in [1.807, 2.05) is 49.4 Å². The molecule has 0 N–H and O–H groups in total. The Morgan fingerprint density at radius 1 is 1.00 bits per heavy atom. The fourth-order valence-corrected chi connectivity index (χ4v) is 5.86. The largest absolute Gasteiger partial charge is 0.492 e. The van der Waals surface area contributed by atoms with Gasteiger partial charge in [0.05, 0.1) is 40.8 Å². The first-order valence-electron chi connectivity index (χ1n) is 10.7. The molecule has 5 heteroatoms. The number of ether oxygens (including phenoxy) is 1. The van der Waals surface area contributed by atoms with Gasteiger partial charge in [-0.05, 0) is 50.2 Å². The van der Waals surface area contributed by atoms with E-state index >= 15 is 0 Å². The van der Waals surface area contributed by atoms with Crippen LogP contribution in [-0.4, -0.2) is 12.3 Å². The lowest BCUT2D eigenvalue weighted by atomic mass is 9.87. The highest BCUT2D eigenvalue weighted by Gasteiger charge is 2.38. The molecular weight excluding hydrogens is 418 g/mol. The summed E-state index contributed by atoms with van der Waals surface area (Å²) < 4.78 is 12.1. The molecule has 2 aliphatic heterocycles. The first-order valence-corrected chi connectivity index (χ1v) is 11.6. The van der Waals surface area contributed by atoms with Gasteiger partial charge in [-0.2, -0.15) is 0 Å². The van der Waals surface area contributed by atoms with Crippen LogP contribution in [0.4, 0.5) is 5.69 Å². The number of benzene rings is 3. The fourth-order valence-electron chi connectivity index (χ4n) is 4.54. The van der Waals surface area contributed by atoms with Crippen molar-refractivity contribution in [3.63, 3.8) is 0 Å². The van der Waals surface area contributed by atoms with Gasteiger partial charge in [0, 0.05) is 16.0 Å². The summed E-state index contributed by atoms with van der Waals surface area (Å²) in [5, 5.41) is 0.444. The summed E-state index contributed by atoms with van der Waals surface area (Å²) in [6, 6.07) is 20.0. The van der Waals surface area contributed by atoms with Crippen molar-refractivity contribution < 1.29 is 9.15 Å². The molecule has 1 aromatic heterocycles. The van der Waals surface area contributed by atoms with Crippen molar-refractivity contribution in [3.8, 4) is 5.75 Å². The Morgan fingerprint density at radius 3 is 2.72 bits per heavy atom. The van der Waals surface area contributed by atoms with Gasteiger partial charge in [-0.1, -0.05) is 35.4 Å². The van der Waals surface area contributed by atoms with E-state index in [1.54, 1.807) is 18.0 Å². The van der Waals surface area contributed by atoms with Crippen LogP contribution in [0.5, 0.6) is 5.75 Å². The molecule has 0 aliphatic carbocycles. The highest BCUT2D eigenvalue weighted by atomic mass is 32.2.